The summed E-state index contributed by atoms with van der Waals surface area (Å²) in [6, 6.07) is 11.8. The highest BCUT2D eigenvalue weighted by molar-refractivity contribution is 7.30. The van der Waals surface area contributed by atoms with Gasteiger partial charge in [-0.15, -0.1) is 56.7 Å². The number of halogens is 6. The lowest BCUT2D eigenvalue weighted by Gasteiger charge is -2.16. The first-order chi connectivity index (χ1) is 30.3. The number of Topliss-reactive ketones (excluding diaryl/α,β-unsaturated/α-hetero) is 2. The second kappa shape index (κ2) is 14.7. The number of rotatable bonds is 4. The molecule has 0 amide bonds. The summed E-state index contributed by atoms with van der Waals surface area (Å²) < 4.78 is 94.4. The average molecular weight is 945 g/mol. The van der Waals surface area contributed by atoms with Crippen molar-refractivity contribution in [3.8, 4) is 63.3 Å². The third kappa shape index (κ3) is 5.58. The van der Waals surface area contributed by atoms with Gasteiger partial charge in [0.25, 0.3) is 34.6 Å². The normalized spacial score (nSPS) is 19.1. The topological polar surface area (TPSA) is 147 Å². The predicted molar refractivity (Wildman–Crippen MR) is 227 cm³/mol. The highest BCUT2D eigenvalue weighted by Gasteiger charge is 2.59. The molecule has 5 aromatic rings. The zero-order chi connectivity index (χ0) is 46.5. The van der Waals surface area contributed by atoms with Gasteiger partial charge in [0.2, 0.25) is 11.6 Å². The predicted octanol–water partition coefficient (Wildman–Crippen LogP) is 13.2. The van der Waals surface area contributed by atoms with Crippen molar-refractivity contribution in [1.82, 2.24) is 0 Å². The van der Waals surface area contributed by atoms with Gasteiger partial charge < -0.3 is 0 Å². The van der Waals surface area contributed by atoms with Crippen molar-refractivity contribution < 1.29 is 35.9 Å². The Morgan fingerprint density at radius 1 is 0.453 bits per heavy atom. The van der Waals surface area contributed by atoms with E-state index in [2.05, 4.69) is 19.4 Å². The lowest BCUT2D eigenvalue weighted by atomic mass is 10.0. The monoisotopic (exact) mass is 944 g/mol. The van der Waals surface area contributed by atoms with E-state index in [0.29, 0.717) is 19.5 Å². The number of hydrogen-bond acceptors (Lipinski definition) is 11. The van der Waals surface area contributed by atoms with Crippen molar-refractivity contribution in [3.05, 3.63) is 136 Å². The molecule has 0 atom stereocenters. The molecule has 64 heavy (non-hydrogen) atoms. The first kappa shape index (κ1) is 43.0. The van der Waals surface area contributed by atoms with Crippen molar-refractivity contribution in [1.29, 1.82) is 21.0 Å². The summed E-state index contributed by atoms with van der Waals surface area (Å²) in [7, 11) is 0. The Hall–Kier alpha value is -7.70. The molecule has 0 radical (unpaired) electrons. The lowest BCUT2D eigenvalue weighted by molar-refractivity contribution is 0.0189. The zero-order valence-electron chi connectivity index (χ0n) is 31.5. The van der Waals surface area contributed by atoms with Crippen molar-refractivity contribution in [3.63, 3.8) is 0 Å². The standard InChI is InChI=1S/C43H10F6N8O2S5/c1-15-25-29(17(11-50)54-3)41(44,45)31(19(13-52)56-5)37(25)62-33(15)21-7-9-23(60-21)35-27-28(40(59)43(48,49)39(27)58)36(64-35)24-10-8-22(61-24)34-16(2)26-30(18(12-51)55-4)42(46,47)32(38(26)63-34)20(14-53)57-6/h7-10H,1-2H3/b29-17-,30-18+,31-19-,32-20+. The number of thiophene rings is 5. The first-order valence-corrected chi connectivity index (χ1v) is 21.4. The minimum atomic E-state index is -4.43. The Kier molecular flexibility index (Phi) is 9.87. The summed E-state index contributed by atoms with van der Waals surface area (Å²) in [4.78, 5) is 39.9. The Bertz CT molecular complexity index is 3310. The van der Waals surface area contributed by atoms with E-state index in [4.69, 9.17) is 26.3 Å². The fourth-order valence-corrected chi connectivity index (χ4v) is 14.3. The summed E-state index contributed by atoms with van der Waals surface area (Å²) in [5.74, 6) is -16.0. The number of ketones is 2. The number of carbonyl (C=O) groups excluding carboxylic acids is 2. The van der Waals surface area contributed by atoms with Gasteiger partial charge in [-0.1, -0.05) is 0 Å². The van der Waals surface area contributed by atoms with E-state index in [1.54, 1.807) is 0 Å². The van der Waals surface area contributed by atoms with Crippen LogP contribution in [-0.2, 0) is 0 Å². The third-order valence-electron chi connectivity index (χ3n) is 10.4. The molecule has 0 saturated heterocycles. The van der Waals surface area contributed by atoms with Gasteiger partial charge in [0.1, 0.15) is 0 Å². The van der Waals surface area contributed by atoms with Gasteiger partial charge in [-0.2, -0.15) is 26.3 Å². The minimum Gasteiger partial charge on any atom is -0.287 e. The molecule has 0 saturated carbocycles. The van der Waals surface area contributed by atoms with E-state index in [1.165, 1.54) is 62.4 Å². The quantitative estimate of drug-likeness (QED) is 0.0758. The summed E-state index contributed by atoms with van der Waals surface area (Å²) in [5.41, 5.74) is -8.88. The van der Waals surface area contributed by atoms with E-state index in [-0.39, 0.29) is 51.5 Å². The SMILES string of the molecule is [C-]#[N+]/C(C#N)=C1/c2c(sc(-c3ccc(-c4sc(-c5ccc(-c6sc7c(c6C)/C(=C(/C#N)[N+]#[C-])C(F)(F)/C7=C(\C#N)[N+]#[C-])s5)c5c4C(=O)C(F)(F)C5=O)s3)c2C)/C(=C(\C#N)[N+]#[C-])C1(F)F. The van der Waals surface area contributed by atoms with E-state index in [0.717, 1.165) is 56.7 Å². The van der Waals surface area contributed by atoms with Crippen LogP contribution in [0.25, 0.3) is 80.7 Å². The van der Waals surface area contributed by atoms with Crippen LogP contribution in [0.1, 0.15) is 52.7 Å². The molecule has 306 valence electrons. The largest absolute Gasteiger partial charge is 0.371 e. The van der Waals surface area contributed by atoms with E-state index in [1.807, 2.05) is 0 Å². The second-order valence-corrected chi connectivity index (χ2v) is 18.8. The number of nitrogens with zero attached hydrogens (tertiary/aromatic N) is 8. The van der Waals surface area contributed by atoms with Crippen LogP contribution in [0.3, 0.4) is 0 Å². The molecule has 0 spiro atoms. The maximum atomic E-state index is 15.9. The van der Waals surface area contributed by atoms with Crippen LogP contribution in [0.4, 0.5) is 26.3 Å². The van der Waals surface area contributed by atoms with Crippen LogP contribution in [-0.4, -0.2) is 29.3 Å². The van der Waals surface area contributed by atoms with Crippen molar-refractivity contribution in [2.24, 2.45) is 0 Å². The average Bonchev–Trinajstić information content (AvgIpc) is 4.15. The molecule has 0 N–H and O–H groups in total. The molecule has 3 aliphatic carbocycles. The highest BCUT2D eigenvalue weighted by atomic mass is 32.1. The number of carbonyl (C=O) groups is 2. The third-order valence-corrected chi connectivity index (χ3v) is 17.1. The van der Waals surface area contributed by atoms with E-state index >= 15 is 26.3 Å². The van der Waals surface area contributed by atoms with Crippen molar-refractivity contribution >= 4 is 90.5 Å². The molecule has 0 aliphatic heterocycles. The van der Waals surface area contributed by atoms with Crippen molar-refractivity contribution in [2.75, 3.05) is 0 Å². The van der Waals surface area contributed by atoms with Gasteiger partial charge in [0, 0.05) is 39.0 Å². The molecule has 10 nitrogen and oxygen atoms in total. The van der Waals surface area contributed by atoms with Gasteiger partial charge in [0.05, 0.1) is 93.7 Å². The zero-order valence-corrected chi connectivity index (χ0v) is 35.6. The smallest absolute Gasteiger partial charge is 0.287 e. The van der Waals surface area contributed by atoms with Gasteiger partial charge >= 0.3 is 5.92 Å². The Labute approximate surface area is 376 Å². The first-order valence-electron chi connectivity index (χ1n) is 17.3. The molecule has 21 heteroatoms. The van der Waals surface area contributed by atoms with E-state index in [9.17, 15) is 30.6 Å². The van der Waals surface area contributed by atoms with Crippen LogP contribution >= 0.6 is 56.7 Å². The van der Waals surface area contributed by atoms with Crippen molar-refractivity contribution in [2.45, 2.75) is 31.6 Å². The number of hydrogen-bond donors (Lipinski definition) is 0. The number of nitriles is 4. The fourth-order valence-electron chi connectivity index (χ4n) is 7.69. The minimum absolute atomic E-state index is 0.0230. The van der Waals surface area contributed by atoms with E-state index < -0.39 is 85.5 Å². The Balaban J connectivity index is 1.28. The van der Waals surface area contributed by atoms with Crippen LogP contribution in [0.2, 0.25) is 0 Å². The lowest BCUT2D eigenvalue weighted by Crippen LogP contribution is -2.30. The van der Waals surface area contributed by atoms with Crippen LogP contribution in [0.15, 0.2) is 47.1 Å². The maximum absolute atomic E-state index is 15.9. The molecule has 5 aromatic heterocycles. The highest BCUT2D eigenvalue weighted by Crippen LogP contribution is 2.63. The molecule has 3 aliphatic rings. The second-order valence-electron chi connectivity index (χ2n) is 13.5. The van der Waals surface area contributed by atoms with Gasteiger partial charge in [0.15, 0.2) is 0 Å². The van der Waals surface area contributed by atoms with Crippen LogP contribution < -0.4 is 0 Å². The van der Waals surface area contributed by atoms with Gasteiger partial charge in [-0.3, -0.25) is 9.59 Å². The fraction of sp³-hybridized carbons (Fsp3) is 0.116. The molecular formula is C43H10F6N8O2S5. The summed E-state index contributed by atoms with van der Waals surface area (Å²) >= 11 is 4.25. The molecule has 0 fully saturated rings. The summed E-state index contributed by atoms with van der Waals surface area (Å²) in [6.07, 6.45) is 0. The number of allylic oxidation sites excluding steroid dienone is 8. The Morgan fingerprint density at radius 3 is 1.03 bits per heavy atom. The molecular weight excluding hydrogens is 935 g/mol. The van der Waals surface area contributed by atoms with Gasteiger partial charge in [-0.05, 0) is 60.4 Å². The number of alkyl halides is 6. The summed E-state index contributed by atoms with van der Waals surface area (Å²) in [6.45, 7) is 32.4. The molecule has 0 bridgehead atoms. The molecule has 5 heterocycles. The van der Waals surface area contributed by atoms with Gasteiger partial charge in [-0.25, -0.2) is 40.4 Å². The number of fused-ring (bicyclic) bond motifs is 3. The maximum Gasteiger partial charge on any atom is 0.371 e. The van der Waals surface area contributed by atoms with Crippen LogP contribution in [0.5, 0.6) is 0 Å². The molecule has 0 unspecified atom stereocenters. The molecule has 0 aromatic carbocycles. The Morgan fingerprint density at radius 2 is 0.734 bits per heavy atom. The molecule has 8 rings (SSSR count). The van der Waals surface area contributed by atoms with Crippen LogP contribution in [0, 0.1) is 85.5 Å². The summed E-state index contributed by atoms with van der Waals surface area (Å²) in [5, 5.41) is 38.4.